The van der Waals surface area contributed by atoms with Crippen LogP contribution in [0, 0.1) is 11.6 Å². The first kappa shape index (κ1) is 18.6. The van der Waals surface area contributed by atoms with Gasteiger partial charge in [-0.05, 0) is 41.0 Å². The van der Waals surface area contributed by atoms with Crippen LogP contribution in [0.4, 0.5) is 8.78 Å². The quantitative estimate of drug-likeness (QED) is 0.390. The van der Waals surface area contributed by atoms with Gasteiger partial charge < -0.3 is 5.32 Å². The smallest absolute Gasteiger partial charge is 0.145 e. The summed E-state index contributed by atoms with van der Waals surface area (Å²) in [4.78, 5) is 0. The van der Waals surface area contributed by atoms with Crippen LogP contribution in [0.5, 0.6) is 0 Å². The Morgan fingerprint density at radius 1 is 1.05 bits per heavy atom. The molecule has 0 spiro atoms. The molecule has 4 heteroatoms. The average molecular weight is 362 g/mol. The van der Waals surface area contributed by atoms with Gasteiger partial charge in [-0.2, -0.15) is 0 Å². The highest BCUT2D eigenvalue weighted by Gasteiger charge is 2.21. The van der Waals surface area contributed by atoms with Crippen LogP contribution in [0.3, 0.4) is 0 Å². The van der Waals surface area contributed by atoms with E-state index in [9.17, 15) is 8.78 Å². The van der Waals surface area contributed by atoms with Crippen molar-refractivity contribution in [3.8, 4) is 0 Å². The van der Waals surface area contributed by atoms with Crippen LogP contribution < -0.4 is 5.32 Å². The van der Waals surface area contributed by atoms with Crippen LogP contribution in [0.2, 0.25) is 0 Å². The minimum atomic E-state index is -0.480. The summed E-state index contributed by atoms with van der Waals surface area (Å²) >= 11 is 3.14. The summed E-state index contributed by atoms with van der Waals surface area (Å²) in [6.07, 6.45) is 7.84. The average Bonchev–Trinajstić information content (AvgIpc) is 2.47. The highest BCUT2D eigenvalue weighted by molar-refractivity contribution is 9.10. The Hall–Kier alpha value is -0.480. The van der Waals surface area contributed by atoms with Crippen molar-refractivity contribution >= 4 is 15.9 Å². The second kappa shape index (κ2) is 10.3. The van der Waals surface area contributed by atoms with E-state index in [1.807, 2.05) is 6.92 Å². The molecule has 1 aromatic carbocycles. The van der Waals surface area contributed by atoms with E-state index in [1.165, 1.54) is 37.8 Å². The predicted octanol–water partition coefficient (Wildman–Crippen LogP) is 6.13. The number of nitrogens with one attached hydrogen (secondary N) is 1. The summed E-state index contributed by atoms with van der Waals surface area (Å²) in [7, 11) is 0. The van der Waals surface area contributed by atoms with Crippen molar-refractivity contribution in [1.29, 1.82) is 0 Å². The lowest BCUT2D eigenvalue weighted by molar-refractivity contribution is 0.434. The maximum atomic E-state index is 14.2. The molecule has 0 fully saturated rings. The first-order valence-corrected chi connectivity index (χ1v) is 8.77. The molecule has 0 amide bonds. The molecule has 120 valence electrons. The van der Waals surface area contributed by atoms with Crippen molar-refractivity contribution in [1.82, 2.24) is 5.32 Å². The molecule has 1 nitrogen and oxygen atoms in total. The van der Waals surface area contributed by atoms with E-state index in [1.54, 1.807) is 0 Å². The topological polar surface area (TPSA) is 12.0 Å². The first-order valence-electron chi connectivity index (χ1n) is 7.98. The summed E-state index contributed by atoms with van der Waals surface area (Å²) in [5.74, 6) is -0.945. The predicted molar refractivity (Wildman–Crippen MR) is 88.5 cm³/mol. The number of hydrogen-bond donors (Lipinski definition) is 1. The Bertz CT molecular complexity index is 423. The molecule has 1 atom stereocenters. The zero-order valence-corrected chi connectivity index (χ0v) is 14.6. The van der Waals surface area contributed by atoms with Gasteiger partial charge in [0.15, 0.2) is 0 Å². The van der Waals surface area contributed by atoms with Crippen molar-refractivity contribution in [2.24, 2.45) is 0 Å². The van der Waals surface area contributed by atoms with Crippen molar-refractivity contribution in [3.05, 3.63) is 33.8 Å². The summed E-state index contributed by atoms with van der Waals surface area (Å²) in [5, 5.41) is 3.21. The Kier molecular flexibility index (Phi) is 9.09. The molecule has 0 aromatic heterocycles. The molecule has 1 aromatic rings. The maximum Gasteiger partial charge on any atom is 0.145 e. The summed E-state index contributed by atoms with van der Waals surface area (Å²) < 4.78 is 28.5. The van der Waals surface area contributed by atoms with E-state index in [0.29, 0.717) is 11.0 Å². The Balaban J connectivity index is 2.63. The fraction of sp³-hybridized carbons (Fsp3) is 0.647. The molecule has 1 unspecified atom stereocenters. The van der Waals surface area contributed by atoms with Gasteiger partial charge in [0.2, 0.25) is 0 Å². The summed E-state index contributed by atoms with van der Waals surface area (Å²) in [6.45, 7) is 4.86. The number of benzene rings is 1. The molecule has 0 saturated heterocycles. The molecule has 1 N–H and O–H groups in total. The third-order valence-electron chi connectivity index (χ3n) is 3.72. The monoisotopic (exact) mass is 361 g/mol. The number of rotatable bonds is 10. The second-order valence-corrected chi connectivity index (χ2v) is 6.28. The third-order valence-corrected chi connectivity index (χ3v) is 4.34. The molecule has 21 heavy (non-hydrogen) atoms. The number of hydrogen-bond acceptors (Lipinski definition) is 1. The van der Waals surface area contributed by atoms with Gasteiger partial charge >= 0.3 is 0 Å². The van der Waals surface area contributed by atoms with E-state index in [-0.39, 0.29) is 11.6 Å². The van der Waals surface area contributed by atoms with Gasteiger partial charge in [0.1, 0.15) is 11.6 Å². The fourth-order valence-corrected chi connectivity index (χ4v) is 2.93. The van der Waals surface area contributed by atoms with E-state index in [4.69, 9.17) is 0 Å². The minimum absolute atomic E-state index is 0.166. The van der Waals surface area contributed by atoms with Crippen LogP contribution in [-0.4, -0.2) is 6.54 Å². The largest absolute Gasteiger partial charge is 0.310 e. The molecule has 1 rings (SSSR count). The highest BCUT2D eigenvalue weighted by Crippen LogP contribution is 2.29. The number of halogens is 3. The van der Waals surface area contributed by atoms with Crippen LogP contribution in [-0.2, 0) is 0 Å². The van der Waals surface area contributed by atoms with Gasteiger partial charge in [0, 0.05) is 11.6 Å². The second-order valence-electron chi connectivity index (χ2n) is 5.42. The standard InChI is InChI=1S/C17H26BrF2N/c1-3-5-6-7-8-9-10-15(21-4-2)16-14(19)12-11-13(18)17(16)20/h11-12,15,21H,3-10H2,1-2H3. The van der Waals surface area contributed by atoms with Crippen molar-refractivity contribution in [2.45, 2.75) is 64.8 Å². The van der Waals surface area contributed by atoms with Crippen LogP contribution in [0.1, 0.15) is 70.4 Å². The van der Waals surface area contributed by atoms with Gasteiger partial charge in [-0.25, -0.2) is 8.78 Å². The highest BCUT2D eigenvalue weighted by atomic mass is 79.9. The minimum Gasteiger partial charge on any atom is -0.310 e. The normalized spacial score (nSPS) is 12.6. The molecular formula is C17H26BrF2N. The van der Waals surface area contributed by atoms with Crippen molar-refractivity contribution < 1.29 is 8.78 Å². The van der Waals surface area contributed by atoms with E-state index >= 15 is 0 Å². The van der Waals surface area contributed by atoms with E-state index < -0.39 is 11.6 Å². The molecule has 0 aliphatic carbocycles. The zero-order chi connectivity index (χ0) is 15.7. The van der Waals surface area contributed by atoms with Gasteiger partial charge in [0.25, 0.3) is 0 Å². The lowest BCUT2D eigenvalue weighted by atomic mass is 9.98. The lowest BCUT2D eigenvalue weighted by Crippen LogP contribution is -2.23. The Morgan fingerprint density at radius 3 is 2.38 bits per heavy atom. The Morgan fingerprint density at radius 2 is 1.71 bits per heavy atom. The molecule has 0 radical (unpaired) electrons. The van der Waals surface area contributed by atoms with Crippen molar-refractivity contribution in [3.63, 3.8) is 0 Å². The molecule has 0 heterocycles. The molecule has 0 saturated carbocycles. The van der Waals surface area contributed by atoms with Gasteiger partial charge in [-0.1, -0.05) is 52.4 Å². The summed E-state index contributed by atoms with van der Waals surface area (Å²) in [5.41, 5.74) is 0.166. The lowest BCUT2D eigenvalue weighted by Gasteiger charge is -2.20. The summed E-state index contributed by atoms with van der Waals surface area (Å²) in [6, 6.07) is 2.49. The Labute approximate surface area is 135 Å². The van der Waals surface area contributed by atoms with Crippen molar-refractivity contribution in [2.75, 3.05) is 6.54 Å². The van der Waals surface area contributed by atoms with Crippen LogP contribution in [0.15, 0.2) is 16.6 Å². The van der Waals surface area contributed by atoms with E-state index in [2.05, 4.69) is 28.2 Å². The van der Waals surface area contributed by atoms with Gasteiger partial charge in [-0.3, -0.25) is 0 Å². The third kappa shape index (κ3) is 6.03. The number of unbranched alkanes of at least 4 members (excludes halogenated alkanes) is 5. The molecular weight excluding hydrogens is 336 g/mol. The fourth-order valence-electron chi connectivity index (χ4n) is 2.59. The van der Waals surface area contributed by atoms with Crippen LogP contribution >= 0.6 is 15.9 Å². The molecule has 0 aliphatic rings. The molecule has 0 aliphatic heterocycles. The zero-order valence-electron chi connectivity index (χ0n) is 13.0. The maximum absolute atomic E-state index is 14.2. The van der Waals surface area contributed by atoms with Gasteiger partial charge in [-0.15, -0.1) is 0 Å². The van der Waals surface area contributed by atoms with Crippen LogP contribution in [0.25, 0.3) is 0 Å². The SMILES string of the molecule is CCCCCCCCC(NCC)c1c(F)ccc(Br)c1F. The van der Waals surface area contributed by atoms with E-state index in [0.717, 1.165) is 19.3 Å². The first-order chi connectivity index (χ1) is 10.1. The molecule has 0 bridgehead atoms. The van der Waals surface area contributed by atoms with Gasteiger partial charge in [0.05, 0.1) is 4.47 Å².